The van der Waals surface area contributed by atoms with Gasteiger partial charge >= 0.3 is 0 Å². The minimum absolute atomic E-state index is 0.00843. The Labute approximate surface area is 193 Å². The van der Waals surface area contributed by atoms with Crippen LogP contribution in [-0.4, -0.2) is 14.6 Å². The van der Waals surface area contributed by atoms with E-state index in [-0.39, 0.29) is 11.1 Å². The predicted octanol–water partition coefficient (Wildman–Crippen LogP) is 7.11. The van der Waals surface area contributed by atoms with Crippen molar-refractivity contribution in [3.63, 3.8) is 0 Å². The van der Waals surface area contributed by atoms with Crippen molar-refractivity contribution in [1.82, 2.24) is 14.6 Å². The average molecular weight is 467 g/mol. The second kappa shape index (κ2) is 8.30. The SMILES string of the molecule is CC(Nn1ccc2ncc(-c3coc(-c4cccnc4)c3)cc21)c1c(Cl)ccc(F)c1Cl. The van der Waals surface area contributed by atoms with Crippen LogP contribution >= 0.6 is 23.2 Å². The van der Waals surface area contributed by atoms with Gasteiger partial charge in [-0.3, -0.25) is 14.6 Å². The summed E-state index contributed by atoms with van der Waals surface area (Å²) in [6.07, 6.45) is 8.82. The molecule has 0 aliphatic rings. The molecular weight excluding hydrogens is 450 g/mol. The van der Waals surface area contributed by atoms with Crippen molar-refractivity contribution in [3.8, 4) is 22.5 Å². The van der Waals surface area contributed by atoms with E-state index in [1.165, 1.54) is 12.1 Å². The molecule has 0 aliphatic carbocycles. The summed E-state index contributed by atoms with van der Waals surface area (Å²) in [6, 6.07) is 12.1. The molecule has 0 bridgehead atoms. The number of hydrogen-bond acceptors (Lipinski definition) is 4. The van der Waals surface area contributed by atoms with Crippen LogP contribution in [0, 0.1) is 5.82 Å². The van der Waals surface area contributed by atoms with E-state index in [4.69, 9.17) is 27.6 Å². The topological polar surface area (TPSA) is 55.9 Å². The first-order chi connectivity index (χ1) is 15.5. The van der Waals surface area contributed by atoms with Crippen molar-refractivity contribution in [2.75, 3.05) is 5.43 Å². The van der Waals surface area contributed by atoms with Crippen molar-refractivity contribution >= 4 is 34.2 Å². The van der Waals surface area contributed by atoms with Gasteiger partial charge in [0.15, 0.2) is 0 Å². The molecule has 5 aromatic rings. The third kappa shape index (κ3) is 3.72. The summed E-state index contributed by atoms with van der Waals surface area (Å²) in [4.78, 5) is 8.70. The molecule has 5 rings (SSSR count). The summed E-state index contributed by atoms with van der Waals surface area (Å²) < 4.78 is 21.5. The van der Waals surface area contributed by atoms with E-state index in [2.05, 4.69) is 15.4 Å². The highest BCUT2D eigenvalue weighted by molar-refractivity contribution is 6.36. The quantitative estimate of drug-likeness (QED) is 0.280. The van der Waals surface area contributed by atoms with Crippen LogP contribution in [0.1, 0.15) is 18.5 Å². The molecule has 4 aromatic heterocycles. The zero-order valence-corrected chi connectivity index (χ0v) is 18.4. The van der Waals surface area contributed by atoms with E-state index in [9.17, 15) is 4.39 Å². The Morgan fingerprint density at radius 3 is 2.75 bits per heavy atom. The van der Waals surface area contributed by atoms with Gasteiger partial charge in [-0.1, -0.05) is 23.2 Å². The minimum atomic E-state index is -0.509. The van der Waals surface area contributed by atoms with Gasteiger partial charge in [-0.05, 0) is 49.4 Å². The van der Waals surface area contributed by atoms with Gasteiger partial charge in [-0.15, -0.1) is 0 Å². The lowest BCUT2D eigenvalue weighted by Crippen LogP contribution is -2.18. The summed E-state index contributed by atoms with van der Waals surface area (Å²) in [5.41, 5.74) is 8.15. The first-order valence-electron chi connectivity index (χ1n) is 9.87. The number of aromatic nitrogens is 3. The summed E-state index contributed by atoms with van der Waals surface area (Å²) in [5, 5.41) is 0.405. The Bertz CT molecular complexity index is 1410. The van der Waals surface area contributed by atoms with Crippen LogP contribution in [0.15, 0.2) is 77.9 Å². The van der Waals surface area contributed by atoms with E-state index in [1.54, 1.807) is 24.9 Å². The number of benzene rings is 1. The van der Waals surface area contributed by atoms with Gasteiger partial charge < -0.3 is 9.84 Å². The van der Waals surface area contributed by atoms with Gasteiger partial charge in [0.1, 0.15) is 11.6 Å². The molecule has 0 amide bonds. The highest BCUT2D eigenvalue weighted by atomic mass is 35.5. The molecule has 0 saturated carbocycles. The summed E-state index contributed by atoms with van der Waals surface area (Å²) in [5.74, 6) is 0.219. The van der Waals surface area contributed by atoms with Gasteiger partial charge in [-0.2, -0.15) is 0 Å². The normalized spacial score (nSPS) is 12.2. The Morgan fingerprint density at radius 1 is 1.06 bits per heavy atom. The molecule has 32 heavy (non-hydrogen) atoms. The molecule has 5 nitrogen and oxygen atoms in total. The van der Waals surface area contributed by atoms with Crippen LogP contribution < -0.4 is 5.43 Å². The molecular formula is C24H17Cl2FN4O. The number of nitrogens with one attached hydrogen (secondary N) is 1. The maximum atomic E-state index is 14.0. The lowest BCUT2D eigenvalue weighted by atomic mass is 10.1. The number of furan rings is 1. The first-order valence-corrected chi connectivity index (χ1v) is 10.6. The zero-order chi connectivity index (χ0) is 22.2. The van der Waals surface area contributed by atoms with Crippen LogP contribution in [-0.2, 0) is 0 Å². The van der Waals surface area contributed by atoms with Gasteiger partial charge in [0, 0.05) is 52.1 Å². The maximum absolute atomic E-state index is 14.0. The molecule has 0 spiro atoms. The van der Waals surface area contributed by atoms with Crippen molar-refractivity contribution in [3.05, 3.63) is 94.9 Å². The summed E-state index contributed by atoms with van der Waals surface area (Å²) in [7, 11) is 0. The maximum Gasteiger partial charge on any atom is 0.142 e. The van der Waals surface area contributed by atoms with Crippen LogP contribution in [0.5, 0.6) is 0 Å². The van der Waals surface area contributed by atoms with E-state index >= 15 is 0 Å². The van der Waals surface area contributed by atoms with Crippen molar-refractivity contribution < 1.29 is 8.81 Å². The Hall–Kier alpha value is -3.35. The number of rotatable bonds is 5. The lowest BCUT2D eigenvalue weighted by molar-refractivity contribution is 0.583. The third-order valence-electron chi connectivity index (χ3n) is 5.26. The van der Waals surface area contributed by atoms with Crippen LogP contribution in [0.2, 0.25) is 10.0 Å². The molecule has 4 heterocycles. The highest BCUT2D eigenvalue weighted by Crippen LogP contribution is 2.34. The number of nitrogens with zero attached hydrogens (tertiary/aromatic N) is 3. The molecule has 0 aliphatic heterocycles. The molecule has 0 saturated heterocycles. The average Bonchev–Trinajstić information content (AvgIpc) is 3.45. The minimum Gasteiger partial charge on any atom is -0.464 e. The summed E-state index contributed by atoms with van der Waals surface area (Å²) >= 11 is 12.5. The van der Waals surface area contributed by atoms with Crippen molar-refractivity contribution in [2.24, 2.45) is 0 Å². The second-order valence-electron chi connectivity index (χ2n) is 7.36. The van der Waals surface area contributed by atoms with Gasteiger partial charge in [0.2, 0.25) is 0 Å². The standard InChI is InChI=1S/C24H17Cl2FN4O/c1-14(23-18(25)4-5-19(27)24(23)26)30-31-8-6-20-21(31)9-16(12-29-20)17-10-22(32-13-17)15-3-2-7-28-11-15/h2-14,30H,1H3. The fourth-order valence-corrected chi connectivity index (χ4v) is 4.34. The Morgan fingerprint density at radius 2 is 1.94 bits per heavy atom. The molecule has 0 radical (unpaired) electrons. The second-order valence-corrected chi connectivity index (χ2v) is 8.15. The van der Waals surface area contributed by atoms with Gasteiger partial charge in [-0.25, -0.2) is 4.39 Å². The van der Waals surface area contributed by atoms with Crippen LogP contribution in [0.4, 0.5) is 4.39 Å². The van der Waals surface area contributed by atoms with E-state index in [0.29, 0.717) is 10.6 Å². The highest BCUT2D eigenvalue weighted by Gasteiger charge is 2.18. The van der Waals surface area contributed by atoms with Crippen molar-refractivity contribution in [2.45, 2.75) is 13.0 Å². The Kier molecular flexibility index (Phi) is 5.33. The number of halogens is 3. The molecule has 160 valence electrons. The van der Waals surface area contributed by atoms with Crippen molar-refractivity contribution in [1.29, 1.82) is 0 Å². The molecule has 0 fully saturated rings. The van der Waals surface area contributed by atoms with Crippen LogP contribution in [0.3, 0.4) is 0 Å². The van der Waals surface area contributed by atoms with Crippen LogP contribution in [0.25, 0.3) is 33.5 Å². The predicted molar refractivity (Wildman–Crippen MR) is 125 cm³/mol. The zero-order valence-electron chi connectivity index (χ0n) is 16.9. The first kappa shape index (κ1) is 20.5. The third-order valence-corrected chi connectivity index (χ3v) is 5.98. The largest absolute Gasteiger partial charge is 0.464 e. The number of fused-ring (bicyclic) bond motifs is 1. The van der Waals surface area contributed by atoms with Gasteiger partial charge in [0.05, 0.1) is 28.4 Å². The fraction of sp³-hybridized carbons (Fsp3) is 0.0833. The Balaban J connectivity index is 1.48. The molecule has 8 heteroatoms. The number of pyridine rings is 2. The molecule has 1 unspecified atom stereocenters. The van der Waals surface area contributed by atoms with E-state index < -0.39 is 5.82 Å². The number of hydrogen-bond donors (Lipinski definition) is 1. The monoisotopic (exact) mass is 466 g/mol. The fourth-order valence-electron chi connectivity index (χ4n) is 3.64. The lowest BCUT2D eigenvalue weighted by Gasteiger charge is -2.20. The molecule has 1 atom stereocenters. The summed E-state index contributed by atoms with van der Waals surface area (Å²) in [6.45, 7) is 1.87. The molecule has 1 aromatic carbocycles. The van der Waals surface area contributed by atoms with Gasteiger partial charge in [0.25, 0.3) is 0 Å². The van der Waals surface area contributed by atoms with E-state index in [1.807, 2.05) is 48.1 Å². The smallest absolute Gasteiger partial charge is 0.142 e. The van der Waals surface area contributed by atoms with E-state index in [0.717, 1.165) is 33.5 Å². The molecule has 1 N–H and O–H groups in total.